The molecule has 0 unspecified atom stereocenters. The van der Waals surface area contributed by atoms with Gasteiger partial charge in [-0.3, -0.25) is 4.57 Å². The van der Waals surface area contributed by atoms with Gasteiger partial charge in [0, 0.05) is 0 Å². The molecule has 0 amide bonds. The lowest BCUT2D eigenvalue weighted by Gasteiger charge is -2.07. The number of rotatable bonds is 3. The fourth-order valence-corrected chi connectivity index (χ4v) is 2.19. The number of para-hydroxylation sites is 2. The fraction of sp³-hybridized carbons (Fsp3) is 0.0667. The second kappa shape index (κ2) is 5.06. The number of carbonyl (C=O) groups is 1. The molecule has 6 heteroatoms. The van der Waals surface area contributed by atoms with E-state index >= 15 is 0 Å². The number of carboxylic acids is 1. The van der Waals surface area contributed by atoms with E-state index < -0.39 is 5.97 Å². The number of nitrogens with zero attached hydrogens (tertiary/aromatic N) is 4. The van der Waals surface area contributed by atoms with Gasteiger partial charge in [-0.1, -0.05) is 18.2 Å². The number of hydrogen-bond donors (Lipinski definition) is 1. The van der Waals surface area contributed by atoms with Crippen LogP contribution in [0.3, 0.4) is 0 Å². The van der Waals surface area contributed by atoms with Gasteiger partial charge in [0.1, 0.15) is 11.6 Å². The zero-order valence-electron chi connectivity index (χ0n) is 10.9. The summed E-state index contributed by atoms with van der Waals surface area (Å²) in [6.07, 6.45) is 0.119. The van der Waals surface area contributed by atoms with Crippen molar-refractivity contribution < 1.29 is 9.90 Å². The first-order chi connectivity index (χ1) is 10.2. The molecule has 1 aromatic carbocycles. The summed E-state index contributed by atoms with van der Waals surface area (Å²) in [6.45, 7) is 0. The summed E-state index contributed by atoms with van der Waals surface area (Å²) in [5, 5.41) is 18.0. The van der Waals surface area contributed by atoms with E-state index in [9.17, 15) is 4.79 Å². The number of pyridine rings is 1. The Balaban J connectivity index is 2.28. The molecule has 0 aliphatic carbocycles. The van der Waals surface area contributed by atoms with E-state index in [-0.39, 0.29) is 12.1 Å². The molecule has 0 aliphatic rings. The number of benzene rings is 1. The van der Waals surface area contributed by atoms with Gasteiger partial charge in [0.2, 0.25) is 0 Å². The maximum absolute atomic E-state index is 11.1. The van der Waals surface area contributed by atoms with Crippen LogP contribution in [0.5, 0.6) is 0 Å². The van der Waals surface area contributed by atoms with Crippen LogP contribution in [0, 0.1) is 11.3 Å². The van der Waals surface area contributed by atoms with Crippen molar-refractivity contribution >= 4 is 17.0 Å². The first-order valence-electron chi connectivity index (χ1n) is 6.25. The normalized spacial score (nSPS) is 10.4. The summed E-state index contributed by atoms with van der Waals surface area (Å²) >= 11 is 0. The van der Waals surface area contributed by atoms with E-state index in [1.807, 2.05) is 24.3 Å². The van der Waals surface area contributed by atoms with Gasteiger partial charge in [-0.25, -0.2) is 14.8 Å². The van der Waals surface area contributed by atoms with Crippen LogP contribution in [0.4, 0.5) is 0 Å². The molecule has 3 aromatic rings. The molecule has 0 radical (unpaired) electrons. The average Bonchev–Trinajstić information content (AvgIpc) is 2.85. The molecule has 2 heterocycles. The lowest BCUT2D eigenvalue weighted by molar-refractivity contribution is 0.0690. The van der Waals surface area contributed by atoms with Crippen molar-refractivity contribution in [3.05, 3.63) is 54.0 Å². The van der Waals surface area contributed by atoms with Crippen molar-refractivity contribution in [3.8, 4) is 11.9 Å². The van der Waals surface area contributed by atoms with Crippen molar-refractivity contribution in [1.82, 2.24) is 14.5 Å². The summed E-state index contributed by atoms with van der Waals surface area (Å²) in [6, 6.07) is 14.2. The van der Waals surface area contributed by atoms with Crippen molar-refractivity contribution in [2.75, 3.05) is 0 Å². The highest BCUT2D eigenvalue weighted by Gasteiger charge is 2.14. The predicted octanol–water partition coefficient (Wildman–Crippen LogP) is 2.18. The minimum Gasteiger partial charge on any atom is -0.477 e. The van der Waals surface area contributed by atoms with Crippen LogP contribution in [0.25, 0.3) is 16.9 Å². The van der Waals surface area contributed by atoms with E-state index in [4.69, 9.17) is 10.4 Å². The zero-order chi connectivity index (χ0) is 14.8. The van der Waals surface area contributed by atoms with E-state index in [1.165, 1.54) is 6.07 Å². The van der Waals surface area contributed by atoms with E-state index in [2.05, 4.69) is 16.0 Å². The van der Waals surface area contributed by atoms with Gasteiger partial charge in [0.25, 0.3) is 0 Å². The Morgan fingerprint density at radius 1 is 1.19 bits per heavy atom. The highest BCUT2D eigenvalue weighted by molar-refractivity contribution is 5.85. The third-order valence-corrected chi connectivity index (χ3v) is 3.05. The molecular formula is C15H10N4O2. The van der Waals surface area contributed by atoms with Gasteiger partial charge >= 0.3 is 5.97 Å². The average molecular weight is 278 g/mol. The molecule has 0 spiro atoms. The Hall–Kier alpha value is -3.20. The second-order valence-electron chi connectivity index (χ2n) is 4.37. The standard InChI is InChI=1S/C15H10N4O2/c16-9-8-14-17-10-4-1-2-6-12(10)19(14)13-7-3-5-11(18-13)15(20)21/h1-7H,8H2,(H,20,21). The van der Waals surface area contributed by atoms with Gasteiger partial charge in [0.05, 0.1) is 23.5 Å². The second-order valence-corrected chi connectivity index (χ2v) is 4.37. The molecule has 2 aromatic heterocycles. The molecule has 21 heavy (non-hydrogen) atoms. The lowest BCUT2D eigenvalue weighted by Crippen LogP contribution is -2.07. The number of fused-ring (bicyclic) bond motifs is 1. The van der Waals surface area contributed by atoms with E-state index in [0.29, 0.717) is 11.6 Å². The van der Waals surface area contributed by atoms with Gasteiger partial charge in [-0.05, 0) is 24.3 Å². The van der Waals surface area contributed by atoms with Crippen LogP contribution < -0.4 is 0 Å². The molecular weight excluding hydrogens is 268 g/mol. The summed E-state index contributed by atoms with van der Waals surface area (Å²) in [7, 11) is 0. The zero-order valence-corrected chi connectivity index (χ0v) is 10.9. The van der Waals surface area contributed by atoms with Gasteiger partial charge in [-0.2, -0.15) is 5.26 Å². The summed E-state index contributed by atoms with van der Waals surface area (Å²) in [4.78, 5) is 19.6. The Bertz CT molecular complexity index is 877. The topological polar surface area (TPSA) is 91.8 Å². The summed E-state index contributed by atoms with van der Waals surface area (Å²) in [5.74, 6) is -0.120. The van der Waals surface area contributed by atoms with Crippen LogP contribution >= 0.6 is 0 Å². The largest absolute Gasteiger partial charge is 0.477 e. The first kappa shape index (κ1) is 12.8. The van der Waals surface area contributed by atoms with E-state index in [1.54, 1.807) is 16.7 Å². The van der Waals surface area contributed by atoms with Crippen molar-refractivity contribution in [2.24, 2.45) is 0 Å². The Morgan fingerprint density at radius 2 is 2.00 bits per heavy atom. The highest BCUT2D eigenvalue weighted by atomic mass is 16.4. The quantitative estimate of drug-likeness (QED) is 0.792. The van der Waals surface area contributed by atoms with Crippen LogP contribution in [0.1, 0.15) is 16.3 Å². The SMILES string of the molecule is N#CCc1nc2ccccc2n1-c1cccc(C(=O)O)n1. The molecule has 102 valence electrons. The third kappa shape index (κ3) is 2.21. The van der Waals surface area contributed by atoms with Crippen LogP contribution in [-0.4, -0.2) is 25.6 Å². The maximum atomic E-state index is 11.1. The molecule has 0 bridgehead atoms. The third-order valence-electron chi connectivity index (χ3n) is 3.05. The van der Waals surface area contributed by atoms with Crippen LogP contribution in [-0.2, 0) is 6.42 Å². The minimum atomic E-state index is -1.09. The Morgan fingerprint density at radius 3 is 2.76 bits per heavy atom. The van der Waals surface area contributed by atoms with Gasteiger partial charge < -0.3 is 5.11 Å². The van der Waals surface area contributed by atoms with Crippen molar-refractivity contribution in [2.45, 2.75) is 6.42 Å². The molecule has 0 aliphatic heterocycles. The molecule has 1 N–H and O–H groups in total. The molecule has 0 saturated heterocycles. The monoisotopic (exact) mass is 278 g/mol. The number of hydrogen-bond acceptors (Lipinski definition) is 4. The molecule has 0 fully saturated rings. The molecule has 0 saturated carbocycles. The van der Waals surface area contributed by atoms with Crippen molar-refractivity contribution in [1.29, 1.82) is 5.26 Å². The highest BCUT2D eigenvalue weighted by Crippen LogP contribution is 2.20. The van der Waals surface area contributed by atoms with Crippen LogP contribution in [0.2, 0.25) is 0 Å². The predicted molar refractivity (Wildman–Crippen MR) is 75.1 cm³/mol. The molecule has 0 atom stereocenters. The summed E-state index contributed by atoms with van der Waals surface area (Å²) < 4.78 is 1.71. The number of imidazole rings is 1. The maximum Gasteiger partial charge on any atom is 0.354 e. The van der Waals surface area contributed by atoms with Gasteiger partial charge in [0.15, 0.2) is 5.69 Å². The first-order valence-corrected chi connectivity index (χ1v) is 6.25. The Labute approximate surface area is 119 Å². The Kier molecular flexibility index (Phi) is 3.09. The summed E-state index contributed by atoms with van der Waals surface area (Å²) in [5.41, 5.74) is 1.48. The van der Waals surface area contributed by atoms with Crippen molar-refractivity contribution in [3.63, 3.8) is 0 Å². The molecule has 3 rings (SSSR count). The van der Waals surface area contributed by atoms with Gasteiger partial charge in [-0.15, -0.1) is 0 Å². The fourth-order valence-electron chi connectivity index (χ4n) is 2.19. The van der Waals surface area contributed by atoms with E-state index in [0.717, 1.165) is 11.0 Å². The number of carboxylic acid groups (broad SMARTS) is 1. The molecule has 6 nitrogen and oxygen atoms in total. The van der Waals surface area contributed by atoms with Crippen LogP contribution in [0.15, 0.2) is 42.5 Å². The number of aromatic carboxylic acids is 1. The lowest BCUT2D eigenvalue weighted by atomic mass is 10.3. The number of aromatic nitrogens is 3. The number of nitriles is 1. The minimum absolute atomic E-state index is 0.0480. The smallest absolute Gasteiger partial charge is 0.354 e.